The zero-order valence-electron chi connectivity index (χ0n) is 13.7. The summed E-state index contributed by atoms with van der Waals surface area (Å²) in [6, 6.07) is 9.35. The molecular formula is C18H23N3O2S. The Kier molecular flexibility index (Phi) is 6.20. The summed E-state index contributed by atoms with van der Waals surface area (Å²) >= 11 is 1.60. The van der Waals surface area contributed by atoms with E-state index in [2.05, 4.69) is 20.6 Å². The zero-order chi connectivity index (χ0) is 16.6. The van der Waals surface area contributed by atoms with Crippen molar-refractivity contribution in [3.63, 3.8) is 0 Å². The van der Waals surface area contributed by atoms with Gasteiger partial charge in [0.15, 0.2) is 6.61 Å². The van der Waals surface area contributed by atoms with E-state index in [1.165, 1.54) is 32.4 Å². The molecule has 1 aromatic heterocycles. The van der Waals surface area contributed by atoms with Gasteiger partial charge in [0.2, 0.25) is 0 Å². The zero-order valence-corrected chi connectivity index (χ0v) is 14.6. The van der Waals surface area contributed by atoms with Gasteiger partial charge in [-0.05, 0) is 38.1 Å². The molecule has 1 aromatic carbocycles. The molecule has 3 rings (SSSR count). The lowest BCUT2D eigenvalue weighted by Crippen LogP contribution is -2.29. The molecule has 0 spiro atoms. The Morgan fingerprint density at radius 2 is 2.00 bits per heavy atom. The molecule has 5 nitrogen and oxygen atoms in total. The van der Waals surface area contributed by atoms with E-state index in [9.17, 15) is 4.79 Å². The minimum Gasteiger partial charge on any atom is -0.484 e. The Hall–Kier alpha value is -1.92. The Bertz CT molecular complexity index is 639. The van der Waals surface area contributed by atoms with E-state index in [-0.39, 0.29) is 12.5 Å². The van der Waals surface area contributed by atoms with Gasteiger partial charge >= 0.3 is 0 Å². The summed E-state index contributed by atoms with van der Waals surface area (Å²) in [6.45, 7) is 3.74. The number of nitrogens with one attached hydrogen (secondary N) is 1. The van der Waals surface area contributed by atoms with E-state index in [0.717, 1.165) is 17.2 Å². The van der Waals surface area contributed by atoms with Crippen LogP contribution in [0.5, 0.6) is 5.75 Å². The largest absolute Gasteiger partial charge is 0.484 e. The smallest absolute Gasteiger partial charge is 0.258 e. The monoisotopic (exact) mass is 345 g/mol. The summed E-state index contributed by atoms with van der Waals surface area (Å²) in [5, 5.41) is 5.89. The van der Waals surface area contributed by atoms with Crippen molar-refractivity contribution >= 4 is 17.2 Å². The molecule has 1 N–H and O–H groups in total. The SMILES string of the molecule is O=C(COc1ccccc1)NCc1nc(CN2CCCCC2)cs1. The van der Waals surface area contributed by atoms with Gasteiger partial charge in [-0.25, -0.2) is 4.98 Å². The van der Waals surface area contributed by atoms with Crippen molar-refractivity contribution in [3.8, 4) is 5.75 Å². The molecule has 2 heterocycles. The molecule has 1 saturated heterocycles. The van der Waals surface area contributed by atoms with Gasteiger partial charge in [0, 0.05) is 11.9 Å². The number of rotatable bonds is 7. The fourth-order valence-electron chi connectivity index (χ4n) is 2.74. The lowest BCUT2D eigenvalue weighted by atomic mass is 10.1. The van der Waals surface area contributed by atoms with Gasteiger partial charge in [0.25, 0.3) is 5.91 Å². The number of likely N-dealkylation sites (tertiary alicyclic amines) is 1. The molecule has 24 heavy (non-hydrogen) atoms. The number of carbonyl (C=O) groups excluding carboxylic acids is 1. The third-order valence-corrected chi connectivity index (χ3v) is 4.88. The number of amides is 1. The molecule has 0 bridgehead atoms. The summed E-state index contributed by atoms with van der Waals surface area (Å²) in [6.07, 6.45) is 3.92. The van der Waals surface area contributed by atoms with E-state index in [1.807, 2.05) is 30.3 Å². The normalized spacial score (nSPS) is 15.2. The maximum atomic E-state index is 11.8. The van der Waals surface area contributed by atoms with Gasteiger partial charge in [0.05, 0.1) is 12.2 Å². The molecule has 6 heteroatoms. The standard InChI is InChI=1S/C18H23N3O2S/c22-17(13-23-16-7-3-1-4-8-16)19-11-18-20-15(14-24-18)12-21-9-5-2-6-10-21/h1,3-4,7-8,14H,2,5-6,9-13H2,(H,19,22). The highest BCUT2D eigenvalue weighted by Crippen LogP contribution is 2.15. The maximum Gasteiger partial charge on any atom is 0.258 e. The van der Waals surface area contributed by atoms with E-state index in [0.29, 0.717) is 12.3 Å². The van der Waals surface area contributed by atoms with Gasteiger partial charge in [-0.15, -0.1) is 11.3 Å². The van der Waals surface area contributed by atoms with Crippen LogP contribution in [0.15, 0.2) is 35.7 Å². The van der Waals surface area contributed by atoms with Crippen molar-refractivity contribution in [1.29, 1.82) is 0 Å². The Labute approximate surface area is 146 Å². The first kappa shape index (κ1) is 16.9. The molecule has 0 unspecified atom stereocenters. The lowest BCUT2D eigenvalue weighted by Gasteiger charge is -2.25. The van der Waals surface area contributed by atoms with Gasteiger partial charge in [-0.3, -0.25) is 9.69 Å². The van der Waals surface area contributed by atoms with Crippen molar-refractivity contribution in [3.05, 3.63) is 46.4 Å². The van der Waals surface area contributed by atoms with E-state index in [4.69, 9.17) is 4.74 Å². The number of hydrogen-bond acceptors (Lipinski definition) is 5. The number of hydrogen-bond donors (Lipinski definition) is 1. The van der Waals surface area contributed by atoms with Crippen LogP contribution in [-0.2, 0) is 17.9 Å². The number of nitrogens with zero attached hydrogens (tertiary/aromatic N) is 2. The third-order valence-electron chi connectivity index (χ3n) is 3.98. The van der Waals surface area contributed by atoms with Crippen LogP contribution in [0.4, 0.5) is 0 Å². The van der Waals surface area contributed by atoms with Crippen molar-refractivity contribution in [2.45, 2.75) is 32.4 Å². The summed E-state index contributed by atoms with van der Waals surface area (Å²) in [4.78, 5) is 18.9. The lowest BCUT2D eigenvalue weighted by molar-refractivity contribution is -0.123. The summed E-state index contributed by atoms with van der Waals surface area (Å²) in [5.74, 6) is 0.567. The third kappa shape index (κ3) is 5.32. The second-order valence-electron chi connectivity index (χ2n) is 5.95. The molecule has 1 fully saturated rings. The van der Waals surface area contributed by atoms with Crippen LogP contribution in [-0.4, -0.2) is 35.5 Å². The summed E-state index contributed by atoms with van der Waals surface area (Å²) < 4.78 is 5.43. The predicted molar refractivity (Wildman–Crippen MR) is 95.0 cm³/mol. The number of thiazole rings is 1. The van der Waals surface area contributed by atoms with Crippen LogP contribution in [0, 0.1) is 0 Å². The first-order chi connectivity index (χ1) is 11.8. The van der Waals surface area contributed by atoms with Crippen LogP contribution >= 0.6 is 11.3 Å². The highest BCUT2D eigenvalue weighted by Gasteiger charge is 2.12. The second-order valence-corrected chi connectivity index (χ2v) is 6.89. The molecule has 0 aliphatic carbocycles. The highest BCUT2D eigenvalue weighted by atomic mass is 32.1. The Morgan fingerprint density at radius 3 is 2.79 bits per heavy atom. The van der Waals surface area contributed by atoms with Gasteiger partial charge < -0.3 is 10.1 Å². The van der Waals surface area contributed by atoms with Crippen LogP contribution < -0.4 is 10.1 Å². The molecule has 0 atom stereocenters. The van der Waals surface area contributed by atoms with Crippen molar-refractivity contribution < 1.29 is 9.53 Å². The fourth-order valence-corrected chi connectivity index (χ4v) is 3.46. The number of carbonyl (C=O) groups is 1. The van der Waals surface area contributed by atoms with Crippen molar-refractivity contribution in [2.24, 2.45) is 0 Å². The molecule has 0 radical (unpaired) electrons. The topological polar surface area (TPSA) is 54.5 Å². The van der Waals surface area contributed by atoms with Crippen molar-refractivity contribution in [2.75, 3.05) is 19.7 Å². The molecular weight excluding hydrogens is 322 g/mol. The van der Waals surface area contributed by atoms with Crippen molar-refractivity contribution in [1.82, 2.24) is 15.2 Å². The molecule has 1 aliphatic rings. The molecule has 1 amide bonds. The maximum absolute atomic E-state index is 11.8. The number of aromatic nitrogens is 1. The van der Waals surface area contributed by atoms with E-state index < -0.39 is 0 Å². The van der Waals surface area contributed by atoms with Crippen LogP contribution in [0.3, 0.4) is 0 Å². The fraction of sp³-hybridized carbons (Fsp3) is 0.444. The first-order valence-electron chi connectivity index (χ1n) is 8.40. The van der Waals surface area contributed by atoms with E-state index >= 15 is 0 Å². The second kappa shape index (κ2) is 8.80. The molecule has 2 aromatic rings. The summed E-state index contributed by atoms with van der Waals surface area (Å²) in [5.41, 5.74) is 1.10. The highest BCUT2D eigenvalue weighted by molar-refractivity contribution is 7.09. The molecule has 0 saturated carbocycles. The van der Waals surface area contributed by atoms with Crippen LogP contribution in [0.1, 0.15) is 30.0 Å². The number of para-hydroxylation sites is 1. The molecule has 128 valence electrons. The number of benzene rings is 1. The summed E-state index contributed by atoms with van der Waals surface area (Å²) in [7, 11) is 0. The van der Waals surface area contributed by atoms with Gasteiger partial charge in [-0.2, -0.15) is 0 Å². The minimum absolute atomic E-state index is 0.0238. The Balaban J connectivity index is 1.39. The van der Waals surface area contributed by atoms with Crippen LogP contribution in [0.2, 0.25) is 0 Å². The number of piperidine rings is 1. The van der Waals surface area contributed by atoms with Crippen LogP contribution in [0.25, 0.3) is 0 Å². The minimum atomic E-state index is -0.133. The van der Waals surface area contributed by atoms with Gasteiger partial charge in [0.1, 0.15) is 10.8 Å². The predicted octanol–water partition coefficient (Wildman–Crippen LogP) is 2.82. The average molecular weight is 345 g/mol. The molecule has 1 aliphatic heterocycles. The number of ether oxygens (including phenoxy) is 1. The van der Waals surface area contributed by atoms with Gasteiger partial charge in [-0.1, -0.05) is 24.6 Å². The Morgan fingerprint density at radius 1 is 1.21 bits per heavy atom. The van der Waals surface area contributed by atoms with E-state index in [1.54, 1.807) is 11.3 Å². The average Bonchev–Trinajstić information content (AvgIpc) is 3.07. The first-order valence-corrected chi connectivity index (χ1v) is 9.28. The quantitative estimate of drug-likeness (QED) is 0.838.